The molecule has 0 aromatic carbocycles. The van der Waals surface area contributed by atoms with E-state index in [-0.39, 0.29) is 12.1 Å². The second-order valence-electron chi connectivity index (χ2n) is 5.36. The highest BCUT2D eigenvalue weighted by molar-refractivity contribution is 7.99. The number of aliphatic hydroxyl groups is 1. The molecule has 1 aliphatic rings. The molecule has 2 N–H and O–H groups in total. The zero-order chi connectivity index (χ0) is 14.0. The lowest BCUT2D eigenvalue weighted by Gasteiger charge is -2.27. The first kappa shape index (κ1) is 13.9. The summed E-state index contributed by atoms with van der Waals surface area (Å²) in [6.45, 7) is 3.19. The molecule has 0 bridgehead atoms. The van der Waals surface area contributed by atoms with Crippen LogP contribution in [-0.2, 0) is 0 Å². The third kappa shape index (κ3) is 2.55. The summed E-state index contributed by atoms with van der Waals surface area (Å²) in [5.74, 6) is 0. The third-order valence-corrected chi connectivity index (χ3v) is 5.20. The number of pyridine rings is 1. The maximum atomic E-state index is 9.66. The molecular weight excluding hydrogens is 272 g/mol. The molecule has 1 fully saturated rings. The highest BCUT2D eigenvalue weighted by Gasteiger charge is 2.38. The van der Waals surface area contributed by atoms with E-state index in [1.807, 2.05) is 28.8 Å². The van der Waals surface area contributed by atoms with Gasteiger partial charge in [0.2, 0.25) is 0 Å². The lowest BCUT2D eigenvalue weighted by atomic mass is 9.99. The molecule has 0 aliphatic heterocycles. The van der Waals surface area contributed by atoms with E-state index in [1.54, 1.807) is 11.8 Å². The number of nitrogens with one attached hydrogen (secondary N) is 1. The van der Waals surface area contributed by atoms with Crippen molar-refractivity contribution in [2.24, 2.45) is 0 Å². The Kier molecular flexibility index (Phi) is 3.96. The summed E-state index contributed by atoms with van der Waals surface area (Å²) < 4.78 is 2.02. The van der Waals surface area contributed by atoms with Crippen molar-refractivity contribution < 1.29 is 5.11 Å². The van der Waals surface area contributed by atoms with Crippen molar-refractivity contribution in [1.82, 2.24) is 19.9 Å². The Morgan fingerprint density at radius 1 is 1.50 bits per heavy atom. The third-order valence-electron chi connectivity index (χ3n) is 3.97. The number of fused-ring (bicyclic) bond motifs is 1. The molecule has 2 unspecified atom stereocenters. The molecule has 2 aromatic rings. The van der Waals surface area contributed by atoms with Gasteiger partial charge in [0, 0.05) is 17.0 Å². The van der Waals surface area contributed by atoms with E-state index >= 15 is 0 Å². The zero-order valence-corrected chi connectivity index (χ0v) is 12.4. The van der Waals surface area contributed by atoms with Crippen LogP contribution in [0.25, 0.3) is 5.65 Å². The Morgan fingerprint density at radius 3 is 3.20 bits per heavy atom. The summed E-state index contributed by atoms with van der Waals surface area (Å²) in [4.78, 5) is 0. The second kappa shape index (κ2) is 5.71. The van der Waals surface area contributed by atoms with E-state index < -0.39 is 0 Å². The molecule has 1 saturated carbocycles. The number of likely N-dealkylation sites (N-methyl/N-ethyl adjacent to an activating group) is 1. The summed E-state index contributed by atoms with van der Waals surface area (Å²) in [5.41, 5.74) is 0.778. The molecule has 0 amide bonds. The van der Waals surface area contributed by atoms with Gasteiger partial charge < -0.3 is 10.4 Å². The van der Waals surface area contributed by atoms with Crippen molar-refractivity contribution in [3.05, 3.63) is 24.4 Å². The predicted molar refractivity (Wildman–Crippen MR) is 80.0 cm³/mol. The Labute approximate surface area is 122 Å². The van der Waals surface area contributed by atoms with E-state index in [0.29, 0.717) is 5.25 Å². The van der Waals surface area contributed by atoms with Gasteiger partial charge in [-0.05, 0) is 37.9 Å². The number of rotatable bonds is 5. The maximum absolute atomic E-state index is 9.66. The van der Waals surface area contributed by atoms with Gasteiger partial charge in [-0.15, -0.1) is 10.2 Å². The van der Waals surface area contributed by atoms with Gasteiger partial charge in [0.05, 0.1) is 6.61 Å². The van der Waals surface area contributed by atoms with Gasteiger partial charge in [-0.25, -0.2) is 0 Å². The second-order valence-corrected chi connectivity index (χ2v) is 6.63. The zero-order valence-electron chi connectivity index (χ0n) is 11.6. The Bertz CT molecular complexity index is 587. The number of aliphatic hydroxyl groups excluding tert-OH is 1. The summed E-state index contributed by atoms with van der Waals surface area (Å²) in [7, 11) is 0. The molecule has 108 valence electrons. The standard InChI is InChI=1S/C14H20N4OS/c1-2-15-14(10-19)7-6-11(9-14)20-13-17-16-12-5-3-4-8-18(12)13/h3-5,8,11,15,19H,2,6-7,9-10H2,1H3. The molecule has 2 heterocycles. The van der Waals surface area contributed by atoms with E-state index in [1.165, 1.54) is 0 Å². The quantitative estimate of drug-likeness (QED) is 0.878. The van der Waals surface area contributed by atoms with Gasteiger partial charge in [-0.1, -0.05) is 24.8 Å². The highest BCUT2D eigenvalue weighted by atomic mass is 32.2. The van der Waals surface area contributed by atoms with Crippen molar-refractivity contribution in [2.75, 3.05) is 13.2 Å². The van der Waals surface area contributed by atoms with E-state index in [2.05, 4.69) is 22.4 Å². The van der Waals surface area contributed by atoms with Gasteiger partial charge in [-0.2, -0.15) is 0 Å². The van der Waals surface area contributed by atoms with E-state index in [9.17, 15) is 5.11 Å². The summed E-state index contributed by atoms with van der Waals surface area (Å²) in [6.07, 6.45) is 5.09. The molecule has 1 aliphatic carbocycles. The first-order valence-electron chi connectivity index (χ1n) is 7.09. The van der Waals surface area contributed by atoms with Crippen LogP contribution >= 0.6 is 11.8 Å². The smallest absolute Gasteiger partial charge is 0.195 e. The molecule has 6 heteroatoms. The number of thioether (sulfide) groups is 1. The lowest BCUT2D eigenvalue weighted by Crippen LogP contribution is -2.46. The SMILES string of the molecule is CCNC1(CO)CCC(Sc2nnc3ccccn23)C1. The summed E-state index contributed by atoms with van der Waals surface area (Å²) in [6, 6.07) is 5.92. The Morgan fingerprint density at radius 2 is 2.40 bits per heavy atom. The minimum atomic E-state index is -0.104. The van der Waals surface area contributed by atoms with Gasteiger partial charge in [0.1, 0.15) is 0 Å². The largest absolute Gasteiger partial charge is 0.394 e. The van der Waals surface area contributed by atoms with Crippen molar-refractivity contribution in [3.63, 3.8) is 0 Å². The molecule has 2 aromatic heterocycles. The van der Waals surface area contributed by atoms with Crippen molar-refractivity contribution in [3.8, 4) is 0 Å². The fourth-order valence-electron chi connectivity index (χ4n) is 2.96. The highest BCUT2D eigenvalue weighted by Crippen LogP contribution is 2.39. The number of aromatic nitrogens is 3. The van der Waals surface area contributed by atoms with Crippen LogP contribution in [0.15, 0.2) is 29.6 Å². The normalized spacial score (nSPS) is 26.4. The first-order chi connectivity index (χ1) is 9.76. The average molecular weight is 292 g/mol. The van der Waals surface area contributed by atoms with Crippen LogP contribution in [0.1, 0.15) is 26.2 Å². The van der Waals surface area contributed by atoms with Crippen LogP contribution in [0.4, 0.5) is 0 Å². The molecule has 20 heavy (non-hydrogen) atoms. The summed E-state index contributed by atoms with van der Waals surface area (Å²) >= 11 is 1.77. The monoisotopic (exact) mass is 292 g/mol. The minimum Gasteiger partial charge on any atom is -0.394 e. The number of hydrogen-bond acceptors (Lipinski definition) is 5. The average Bonchev–Trinajstić information content (AvgIpc) is 3.06. The fourth-order valence-corrected chi connectivity index (χ4v) is 4.25. The first-order valence-corrected chi connectivity index (χ1v) is 7.96. The van der Waals surface area contributed by atoms with Crippen LogP contribution in [0, 0.1) is 0 Å². The van der Waals surface area contributed by atoms with Gasteiger partial charge >= 0.3 is 0 Å². The van der Waals surface area contributed by atoms with Crippen molar-refractivity contribution >= 4 is 17.4 Å². The topological polar surface area (TPSA) is 62.5 Å². The number of nitrogens with zero attached hydrogens (tertiary/aromatic N) is 3. The Hall–Kier alpha value is -1.11. The molecular formula is C14H20N4OS. The molecule has 3 rings (SSSR count). The van der Waals surface area contributed by atoms with Crippen molar-refractivity contribution in [2.45, 2.75) is 42.1 Å². The molecule has 0 saturated heterocycles. The van der Waals surface area contributed by atoms with Gasteiger partial charge in [0.15, 0.2) is 10.8 Å². The van der Waals surface area contributed by atoms with Crippen LogP contribution in [-0.4, -0.2) is 43.6 Å². The van der Waals surface area contributed by atoms with E-state index in [0.717, 1.165) is 36.6 Å². The fraction of sp³-hybridized carbons (Fsp3) is 0.571. The maximum Gasteiger partial charge on any atom is 0.195 e. The van der Waals surface area contributed by atoms with Gasteiger partial charge in [0.25, 0.3) is 0 Å². The van der Waals surface area contributed by atoms with Crippen LogP contribution in [0.3, 0.4) is 0 Å². The van der Waals surface area contributed by atoms with E-state index in [4.69, 9.17) is 0 Å². The van der Waals surface area contributed by atoms with Crippen LogP contribution in [0.5, 0.6) is 0 Å². The van der Waals surface area contributed by atoms with Crippen LogP contribution < -0.4 is 5.32 Å². The molecule has 0 spiro atoms. The Balaban J connectivity index is 1.73. The number of hydrogen-bond donors (Lipinski definition) is 2. The molecule has 2 atom stereocenters. The predicted octanol–water partition coefficient (Wildman–Crippen LogP) is 1.71. The lowest BCUT2D eigenvalue weighted by molar-refractivity contribution is 0.167. The van der Waals surface area contributed by atoms with Gasteiger partial charge in [-0.3, -0.25) is 4.40 Å². The van der Waals surface area contributed by atoms with Crippen molar-refractivity contribution in [1.29, 1.82) is 0 Å². The molecule has 0 radical (unpaired) electrons. The minimum absolute atomic E-state index is 0.104. The molecule has 5 nitrogen and oxygen atoms in total. The summed E-state index contributed by atoms with van der Waals surface area (Å²) in [5, 5.41) is 23.0. The van der Waals surface area contributed by atoms with Crippen LogP contribution in [0.2, 0.25) is 0 Å².